The molecule has 1 aromatic rings. The largest absolute Gasteiger partial charge is 0.459 e. The molecule has 0 fully saturated rings. The van der Waals surface area contributed by atoms with E-state index in [4.69, 9.17) is 4.42 Å². The Morgan fingerprint density at radius 1 is 1.32 bits per heavy atom. The van der Waals surface area contributed by atoms with Gasteiger partial charge in [-0.2, -0.15) is 0 Å². The minimum Gasteiger partial charge on any atom is -0.459 e. The van der Waals surface area contributed by atoms with E-state index in [1.54, 1.807) is 33.8 Å². The van der Waals surface area contributed by atoms with Crippen molar-refractivity contribution in [1.29, 1.82) is 0 Å². The molecule has 1 aromatic heterocycles. The average Bonchev–Trinajstić information content (AvgIpc) is 2.77. The molecule has 0 aliphatic rings. The normalized spacial score (nSPS) is 12.1. The summed E-state index contributed by atoms with van der Waals surface area (Å²) >= 11 is 0. The van der Waals surface area contributed by atoms with Gasteiger partial charge in [0.25, 0.3) is 5.91 Å². The van der Waals surface area contributed by atoms with Crippen LogP contribution >= 0.6 is 0 Å². The minimum atomic E-state index is -1.08. The Morgan fingerprint density at radius 3 is 2.42 bits per heavy atom. The van der Waals surface area contributed by atoms with Crippen LogP contribution < -0.4 is 10.6 Å². The van der Waals surface area contributed by atoms with Gasteiger partial charge >= 0.3 is 0 Å². The fourth-order valence-corrected chi connectivity index (χ4v) is 1.20. The number of hydrogen-bond donors (Lipinski definition) is 3. The zero-order chi connectivity index (χ0) is 14.7. The molecular weight excluding hydrogens is 248 g/mol. The van der Waals surface area contributed by atoms with Gasteiger partial charge in [0.2, 0.25) is 5.91 Å². The summed E-state index contributed by atoms with van der Waals surface area (Å²) in [6, 6.07) is 3.10. The molecule has 0 saturated heterocycles. The van der Waals surface area contributed by atoms with Gasteiger partial charge in [-0.15, -0.1) is 0 Å². The van der Waals surface area contributed by atoms with Gasteiger partial charge < -0.3 is 20.2 Å². The van der Waals surface area contributed by atoms with Crippen LogP contribution in [0.2, 0.25) is 0 Å². The van der Waals surface area contributed by atoms with Crippen molar-refractivity contribution in [2.24, 2.45) is 0 Å². The molecule has 1 heterocycles. The van der Waals surface area contributed by atoms with Crippen molar-refractivity contribution < 1.29 is 19.1 Å². The highest BCUT2D eigenvalue weighted by Gasteiger charge is 2.36. The molecular formula is C13H20N2O4. The first-order chi connectivity index (χ1) is 8.63. The minimum absolute atomic E-state index is 0.148. The molecule has 6 heteroatoms. The molecule has 0 bridgehead atoms. The van der Waals surface area contributed by atoms with Crippen LogP contribution in [-0.2, 0) is 4.79 Å². The van der Waals surface area contributed by atoms with Crippen LogP contribution in [0.3, 0.4) is 0 Å². The van der Waals surface area contributed by atoms with Crippen LogP contribution in [0.4, 0.5) is 0 Å². The summed E-state index contributed by atoms with van der Waals surface area (Å²) in [6.45, 7) is 6.45. The Bertz CT molecular complexity index is 444. The second-order valence-corrected chi connectivity index (χ2v) is 5.39. The molecule has 0 saturated carbocycles. The van der Waals surface area contributed by atoms with Crippen LogP contribution in [0.15, 0.2) is 22.8 Å². The van der Waals surface area contributed by atoms with Crippen LogP contribution in [-0.4, -0.2) is 34.6 Å². The summed E-state index contributed by atoms with van der Waals surface area (Å²) in [6.07, 6.45) is 1.38. The molecule has 0 aliphatic heterocycles. The fraction of sp³-hybridized carbons (Fsp3) is 0.538. The first kappa shape index (κ1) is 15.2. The molecule has 19 heavy (non-hydrogen) atoms. The van der Waals surface area contributed by atoms with Gasteiger partial charge in [0.05, 0.1) is 23.9 Å². The average molecular weight is 268 g/mol. The monoisotopic (exact) mass is 268 g/mol. The van der Waals surface area contributed by atoms with E-state index in [0.29, 0.717) is 0 Å². The zero-order valence-electron chi connectivity index (χ0n) is 11.6. The van der Waals surface area contributed by atoms with Crippen molar-refractivity contribution >= 4 is 11.8 Å². The highest BCUT2D eigenvalue weighted by atomic mass is 16.3. The Balaban J connectivity index is 2.47. The number of hydrogen-bond acceptors (Lipinski definition) is 4. The van der Waals surface area contributed by atoms with Crippen molar-refractivity contribution in [2.75, 3.05) is 6.54 Å². The molecule has 0 atom stereocenters. The summed E-state index contributed by atoms with van der Waals surface area (Å²) in [7, 11) is 0. The number of nitrogens with one attached hydrogen (secondary N) is 2. The van der Waals surface area contributed by atoms with Crippen molar-refractivity contribution in [1.82, 2.24) is 10.6 Å². The van der Waals surface area contributed by atoms with E-state index >= 15 is 0 Å². The highest BCUT2D eigenvalue weighted by Crippen LogP contribution is 2.20. The predicted octanol–water partition coefficient (Wildman–Crippen LogP) is 0.675. The Morgan fingerprint density at radius 2 is 1.95 bits per heavy atom. The fourth-order valence-electron chi connectivity index (χ4n) is 1.20. The third kappa shape index (κ3) is 4.10. The Labute approximate surface area is 112 Å². The van der Waals surface area contributed by atoms with Crippen LogP contribution in [0.5, 0.6) is 0 Å². The van der Waals surface area contributed by atoms with Gasteiger partial charge in [-0.25, -0.2) is 0 Å². The summed E-state index contributed by atoms with van der Waals surface area (Å²) < 4.78 is 4.90. The van der Waals surface area contributed by atoms with Gasteiger partial charge in [0.15, 0.2) is 5.76 Å². The maximum absolute atomic E-state index is 11.7. The molecule has 0 aromatic carbocycles. The number of carbonyl (C=O) groups is 2. The molecule has 2 amide bonds. The number of aliphatic hydroxyl groups is 1. The smallest absolute Gasteiger partial charge is 0.287 e. The highest BCUT2D eigenvalue weighted by molar-refractivity contribution is 5.94. The first-order valence-corrected chi connectivity index (χ1v) is 5.98. The van der Waals surface area contributed by atoms with Gasteiger partial charge in [-0.05, 0) is 39.8 Å². The summed E-state index contributed by atoms with van der Waals surface area (Å²) in [4.78, 5) is 23.3. The molecule has 3 N–H and O–H groups in total. The summed E-state index contributed by atoms with van der Waals surface area (Å²) in [5, 5.41) is 15.0. The molecule has 0 aliphatic carbocycles. The second-order valence-electron chi connectivity index (χ2n) is 5.39. The van der Waals surface area contributed by atoms with E-state index in [0.717, 1.165) is 0 Å². The molecule has 6 nitrogen and oxygen atoms in total. The maximum Gasteiger partial charge on any atom is 0.287 e. The van der Waals surface area contributed by atoms with Crippen molar-refractivity contribution in [3.05, 3.63) is 24.2 Å². The lowest BCUT2D eigenvalue weighted by molar-refractivity contribution is -0.125. The van der Waals surface area contributed by atoms with Gasteiger partial charge in [-0.1, -0.05) is 0 Å². The van der Waals surface area contributed by atoms with E-state index in [1.165, 1.54) is 12.3 Å². The van der Waals surface area contributed by atoms with Crippen molar-refractivity contribution in [2.45, 2.75) is 38.8 Å². The summed E-state index contributed by atoms with van der Waals surface area (Å²) in [5.41, 5.74) is -1.88. The standard InChI is InChI=1S/C13H20N2O4/c1-12(2,13(3,4)18)15-10(16)8-14-11(17)9-6-5-7-19-9/h5-7,18H,8H2,1-4H3,(H,14,17)(H,15,16). The third-order valence-electron chi connectivity index (χ3n) is 3.14. The lowest BCUT2D eigenvalue weighted by atomic mass is 9.86. The Kier molecular flexibility index (Phi) is 4.36. The van der Waals surface area contributed by atoms with E-state index in [9.17, 15) is 14.7 Å². The number of carbonyl (C=O) groups excluding carboxylic acids is 2. The SMILES string of the molecule is CC(C)(O)C(C)(C)NC(=O)CNC(=O)c1ccco1. The summed E-state index contributed by atoms with van der Waals surface area (Å²) in [5.74, 6) is -0.692. The van der Waals surface area contributed by atoms with Gasteiger partial charge in [0.1, 0.15) is 0 Å². The molecule has 106 valence electrons. The van der Waals surface area contributed by atoms with E-state index in [-0.39, 0.29) is 18.2 Å². The molecule has 0 spiro atoms. The van der Waals surface area contributed by atoms with Crippen molar-refractivity contribution in [3.8, 4) is 0 Å². The molecule has 0 unspecified atom stereocenters. The molecule has 0 radical (unpaired) electrons. The van der Waals surface area contributed by atoms with E-state index in [2.05, 4.69) is 10.6 Å². The number of furan rings is 1. The topological polar surface area (TPSA) is 91.6 Å². The first-order valence-electron chi connectivity index (χ1n) is 5.98. The Hall–Kier alpha value is -1.82. The second kappa shape index (κ2) is 5.44. The molecule has 1 rings (SSSR count). The van der Waals surface area contributed by atoms with Crippen molar-refractivity contribution in [3.63, 3.8) is 0 Å². The van der Waals surface area contributed by atoms with Gasteiger partial charge in [-0.3, -0.25) is 9.59 Å². The van der Waals surface area contributed by atoms with Crippen LogP contribution in [0.1, 0.15) is 38.2 Å². The lowest BCUT2D eigenvalue weighted by Crippen LogP contribution is -2.59. The predicted molar refractivity (Wildman–Crippen MR) is 69.6 cm³/mol. The number of amides is 2. The maximum atomic E-state index is 11.7. The van der Waals surface area contributed by atoms with E-state index < -0.39 is 17.0 Å². The van der Waals surface area contributed by atoms with Crippen LogP contribution in [0.25, 0.3) is 0 Å². The van der Waals surface area contributed by atoms with E-state index in [1.807, 2.05) is 0 Å². The zero-order valence-corrected chi connectivity index (χ0v) is 11.6. The quantitative estimate of drug-likeness (QED) is 0.732. The number of rotatable bonds is 5. The third-order valence-corrected chi connectivity index (χ3v) is 3.14. The van der Waals surface area contributed by atoms with Gasteiger partial charge in [0, 0.05) is 0 Å². The van der Waals surface area contributed by atoms with Crippen LogP contribution in [0, 0.1) is 0 Å². The lowest BCUT2D eigenvalue weighted by Gasteiger charge is -2.37.